The number of hydrogen-bond acceptors (Lipinski definition) is 3. The molecule has 0 saturated heterocycles. The van der Waals surface area contributed by atoms with Crippen LogP contribution in [-0.2, 0) is 4.43 Å². The topological polar surface area (TPSA) is 107 Å². The van der Waals surface area contributed by atoms with Gasteiger partial charge in [-0.15, -0.1) is 0 Å². The zero-order valence-corrected chi connectivity index (χ0v) is 19.2. The molecule has 0 unspecified atom stereocenters. The van der Waals surface area contributed by atoms with Crippen LogP contribution in [0, 0.1) is 5.92 Å². The molecule has 1 aliphatic carbocycles. The largest absolute Gasteiger partial charge is 0.465 e. The summed E-state index contributed by atoms with van der Waals surface area (Å²) in [5, 5.41) is 17.8. The quantitative estimate of drug-likeness (QED) is 0.291. The smallest absolute Gasteiger partial charge is 0.404 e. The van der Waals surface area contributed by atoms with Crippen LogP contribution in [0.2, 0.25) is 5.04 Å². The van der Waals surface area contributed by atoms with Crippen LogP contribution in [0.3, 0.4) is 0 Å². The van der Waals surface area contributed by atoms with Crippen molar-refractivity contribution in [1.82, 2.24) is 5.32 Å². The SMILES string of the molecule is CC(C)(C)[Si](OC[C@H]1C[C@H](NC(=O)O)C[C@H]1N=[N+]=[N-])(c1ccccc1)c1ccccc1. The second kappa shape index (κ2) is 9.56. The molecule has 3 rings (SSSR count). The molecule has 8 heteroatoms. The Morgan fingerprint density at radius 1 is 1.13 bits per heavy atom. The Morgan fingerprint density at radius 2 is 1.68 bits per heavy atom. The van der Waals surface area contributed by atoms with E-state index in [2.05, 4.69) is 60.4 Å². The molecule has 1 fully saturated rings. The van der Waals surface area contributed by atoms with Crippen molar-refractivity contribution < 1.29 is 14.3 Å². The van der Waals surface area contributed by atoms with Gasteiger partial charge < -0.3 is 14.8 Å². The van der Waals surface area contributed by atoms with Gasteiger partial charge in [-0.2, -0.15) is 0 Å². The highest BCUT2D eigenvalue weighted by atomic mass is 28.4. The maximum atomic E-state index is 11.1. The van der Waals surface area contributed by atoms with E-state index in [1.807, 2.05) is 36.4 Å². The number of rotatable bonds is 7. The van der Waals surface area contributed by atoms with Crippen LogP contribution in [0.15, 0.2) is 65.8 Å². The third-order valence-electron chi connectivity index (χ3n) is 6.12. The predicted molar refractivity (Wildman–Crippen MR) is 124 cm³/mol. The Hall–Kier alpha value is -2.80. The lowest BCUT2D eigenvalue weighted by molar-refractivity contribution is 0.188. The van der Waals surface area contributed by atoms with Crippen molar-refractivity contribution in [2.45, 2.75) is 50.7 Å². The van der Waals surface area contributed by atoms with E-state index in [4.69, 9.17) is 15.1 Å². The Bertz CT molecular complexity index is 887. The summed E-state index contributed by atoms with van der Waals surface area (Å²) in [6, 6.07) is 20.2. The van der Waals surface area contributed by atoms with Crippen molar-refractivity contribution in [2.75, 3.05) is 6.61 Å². The van der Waals surface area contributed by atoms with Gasteiger partial charge in [0.25, 0.3) is 8.32 Å². The number of azide groups is 1. The highest BCUT2D eigenvalue weighted by Crippen LogP contribution is 2.38. The number of nitrogens with zero attached hydrogens (tertiary/aromatic N) is 3. The normalized spacial score (nSPS) is 21.3. The summed E-state index contributed by atoms with van der Waals surface area (Å²) in [6.07, 6.45) is 0.0255. The third-order valence-corrected chi connectivity index (χ3v) is 11.1. The van der Waals surface area contributed by atoms with Gasteiger partial charge in [-0.3, -0.25) is 0 Å². The number of benzene rings is 2. The Labute approximate surface area is 184 Å². The predicted octanol–water partition coefficient (Wildman–Crippen LogP) is 4.29. The minimum atomic E-state index is -2.69. The summed E-state index contributed by atoms with van der Waals surface area (Å²) in [4.78, 5) is 14.1. The second-order valence-corrected chi connectivity index (χ2v) is 13.4. The van der Waals surface area contributed by atoms with E-state index in [1.165, 1.54) is 10.4 Å². The second-order valence-electron chi connectivity index (χ2n) is 9.12. The molecular formula is C23H30N4O3Si. The summed E-state index contributed by atoms with van der Waals surface area (Å²) in [5.74, 6) is -0.0469. The van der Waals surface area contributed by atoms with Crippen molar-refractivity contribution in [2.24, 2.45) is 11.0 Å². The fourth-order valence-electron chi connectivity index (χ4n) is 4.78. The van der Waals surface area contributed by atoms with Gasteiger partial charge in [0.05, 0.1) is 0 Å². The van der Waals surface area contributed by atoms with Gasteiger partial charge in [0.15, 0.2) is 0 Å². The van der Waals surface area contributed by atoms with Crippen LogP contribution < -0.4 is 15.7 Å². The van der Waals surface area contributed by atoms with Gasteiger partial charge in [-0.25, -0.2) is 4.79 Å². The summed E-state index contributed by atoms with van der Waals surface area (Å²) in [6.45, 7) is 7.06. The fraction of sp³-hybridized carbons (Fsp3) is 0.435. The molecule has 2 aromatic rings. The van der Waals surface area contributed by atoms with Gasteiger partial charge in [-0.1, -0.05) is 86.5 Å². The van der Waals surface area contributed by atoms with E-state index < -0.39 is 14.4 Å². The Morgan fingerprint density at radius 3 is 2.13 bits per heavy atom. The van der Waals surface area contributed by atoms with Gasteiger partial charge in [0.1, 0.15) is 0 Å². The molecule has 31 heavy (non-hydrogen) atoms. The first-order valence-electron chi connectivity index (χ1n) is 10.6. The van der Waals surface area contributed by atoms with Crippen molar-refractivity contribution in [1.29, 1.82) is 0 Å². The third kappa shape index (κ3) is 4.93. The van der Waals surface area contributed by atoms with Gasteiger partial charge >= 0.3 is 6.09 Å². The van der Waals surface area contributed by atoms with Crippen molar-refractivity contribution >= 4 is 24.8 Å². The van der Waals surface area contributed by atoms with Crippen molar-refractivity contribution in [3.8, 4) is 0 Å². The lowest BCUT2D eigenvalue weighted by Gasteiger charge is -2.43. The van der Waals surface area contributed by atoms with E-state index in [1.54, 1.807) is 0 Å². The average molecular weight is 439 g/mol. The Balaban J connectivity index is 1.97. The molecule has 0 heterocycles. The molecule has 1 saturated carbocycles. The first-order valence-corrected chi connectivity index (χ1v) is 12.5. The first-order chi connectivity index (χ1) is 14.8. The maximum absolute atomic E-state index is 11.1. The number of nitrogens with one attached hydrogen (secondary N) is 1. The molecule has 1 amide bonds. The molecule has 2 aromatic carbocycles. The number of amides is 1. The fourth-order valence-corrected chi connectivity index (χ4v) is 9.40. The van der Waals surface area contributed by atoms with E-state index in [0.29, 0.717) is 19.4 Å². The first kappa shape index (κ1) is 22.9. The molecule has 0 aliphatic heterocycles. The monoisotopic (exact) mass is 438 g/mol. The number of carbonyl (C=O) groups is 1. The van der Waals surface area contributed by atoms with Gasteiger partial charge in [0.2, 0.25) is 0 Å². The lowest BCUT2D eigenvalue weighted by Crippen LogP contribution is -2.67. The highest BCUT2D eigenvalue weighted by molar-refractivity contribution is 6.99. The van der Waals surface area contributed by atoms with Crippen molar-refractivity contribution in [3.05, 3.63) is 71.1 Å². The molecule has 0 spiro atoms. The molecule has 0 bridgehead atoms. The standard InChI is InChI=1S/C23H30N4O3Si/c1-23(2,3)31(19-10-6-4-7-11-19,20-12-8-5-9-13-20)30-16-17-14-18(25-22(28)29)15-21(17)26-27-24/h4-13,17-18,21,25H,14-16H2,1-3H3,(H,28,29)/t17-,18+,21-/m1/s1. The van der Waals surface area contributed by atoms with Gasteiger partial charge in [-0.05, 0) is 39.7 Å². The molecule has 0 radical (unpaired) electrons. The minimum Gasteiger partial charge on any atom is -0.465 e. The van der Waals surface area contributed by atoms with Crippen LogP contribution in [0.5, 0.6) is 0 Å². The van der Waals surface area contributed by atoms with Crippen LogP contribution in [0.1, 0.15) is 33.6 Å². The molecule has 3 atom stereocenters. The van der Waals surface area contributed by atoms with E-state index >= 15 is 0 Å². The maximum Gasteiger partial charge on any atom is 0.404 e. The van der Waals surface area contributed by atoms with E-state index in [-0.39, 0.29) is 23.0 Å². The molecule has 164 valence electrons. The van der Waals surface area contributed by atoms with E-state index in [9.17, 15) is 4.79 Å². The number of carboxylic acid groups (broad SMARTS) is 1. The lowest BCUT2D eigenvalue weighted by atomic mass is 10.1. The molecular weight excluding hydrogens is 408 g/mol. The summed E-state index contributed by atoms with van der Waals surface area (Å²) < 4.78 is 6.96. The molecule has 1 aliphatic rings. The molecule has 0 aromatic heterocycles. The Kier molecular flexibility index (Phi) is 7.05. The minimum absolute atomic E-state index is 0.0469. The van der Waals surface area contributed by atoms with Crippen LogP contribution in [0.25, 0.3) is 10.4 Å². The average Bonchev–Trinajstić information content (AvgIpc) is 3.10. The molecule has 2 N–H and O–H groups in total. The van der Waals surface area contributed by atoms with Gasteiger partial charge in [0, 0.05) is 23.6 Å². The highest BCUT2D eigenvalue weighted by Gasteiger charge is 2.51. The number of hydrogen-bond donors (Lipinski definition) is 2. The van der Waals surface area contributed by atoms with Crippen molar-refractivity contribution in [3.63, 3.8) is 0 Å². The molecule has 7 nitrogen and oxygen atoms in total. The van der Waals surface area contributed by atoms with E-state index in [0.717, 1.165) is 0 Å². The van der Waals surface area contributed by atoms with Crippen LogP contribution >= 0.6 is 0 Å². The van der Waals surface area contributed by atoms with Crippen LogP contribution in [0.4, 0.5) is 4.79 Å². The zero-order valence-electron chi connectivity index (χ0n) is 18.2. The summed E-state index contributed by atoms with van der Waals surface area (Å²) >= 11 is 0. The van der Waals surface area contributed by atoms with Crippen LogP contribution in [-0.4, -0.2) is 38.2 Å². The summed E-state index contributed by atoms with van der Waals surface area (Å²) in [5.41, 5.74) is 9.02. The zero-order chi connectivity index (χ0) is 22.5. The summed E-state index contributed by atoms with van der Waals surface area (Å²) in [7, 11) is -2.69.